The monoisotopic (exact) mass is 154 g/mol. The quantitative estimate of drug-likeness (QED) is 0.425. The van der Waals surface area contributed by atoms with Gasteiger partial charge in [-0.2, -0.15) is 0 Å². The third-order valence-corrected chi connectivity index (χ3v) is 1.29. The van der Waals surface area contributed by atoms with Gasteiger partial charge >= 0.3 is 29.6 Å². The molecule has 0 amide bonds. The summed E-state index contributed by atoms with van der Waals surface area (Å²) in [4.78, 5) is 9.90. The maximum atomic E-state index is 9.90. The Kier molecular flexibility index (Phi) is 6.69. The second-order valence-corrected chi connectivity index (χ2v) is 2.40. The van der Waals surface area contributed by atoms with Crippen LogP contribution in [0.5, 0.6) is 0 Å². The van der Waals surface area contributed by atoms with Gasteiger partial charge in [-0.3, -0.25) is 0 Å². The van der Waals surface area contributed by atoms with E-state index in [9.17, 15) is 9.90 Å². The molecule has 0 aromatic carbocycles. The molecule has 0 spiro atoms. The van der Waals surface area contributed by atoms with Crippen LogP contribution in [-0.2, 0) is 4.79 Å². The number of hydrogen-bond donors (Lipinski definition) is 1. The average Bonchev–Trinajstić information content (AvgIpc) is 1.63. The van der Waals surface area contributed by atoms with Gasteiger partial charge < -0.3 is 15.0 Å². The second kappa shape index (κ2) is 5.13. The van der Waals surface area contributed by atoms with Crippen molar-refractivity contribution in [1.82, 2.24) is 0 Å². The summed E-state index contributed by atoms with van der Waals surface area (Å²) in [6.45, 7) is 3.20. The predicted molar refractivity (Wildman–Crippen MR) is 30.5 cm³/mol. The molecule has 1 atom stereocenters. The van der Waals surface area contributed by atoms with Crippen LogP contribution in [0.1, 0.15) is 26.7 Å². The summed E-state index contributed by atoms with van der Waals surface area (Å²) in [5, 5.41) is 19.0. The van der Waals surface area contributed by atoms with Gasteiger partial charge in [0.05, 0.1) is 5.60 Å². The SMILES string of the molecule is CCC(C)(O)CC(=O)[O-].[Na+]. The van der Waals surface area contributed by atoms with E-state index in [1.807, 2.05) is 0 Å². The van der Waals surface area contributed by atoms with Crippen LogP contribution < -0.4 is 34.7 Å². The topological polar surface area (TPSA) is 60.4 Å². The fraction of sp³-hybridized carbons (Fsp3) is 0.833. The summed E-state index contributed by atoms with van der Waals surface area (Å²) in [5.41, 5.74) is -1.10. The van der Waals surface area contributed by atoms with Crippen molar-refractivity contribution in [2.24, 2.45) is 0 Å². The molecule has 0 radical (unpaired) electrons. The van der Waals surface area contributed by atoms with Crippen LogP contribution in [-0.4, -0.2) is 16.7 Å². The van der Waals surface area contributed by atoms with E-state index in [-0.39, 0.29) is 36.0 Å². The van der Waals surface area contributed by atoms with Crippen LogP contribution in [0, 0.1) is 0 Å². The van der Waals surface area contributed by atoms with Crippen LogP contribution in [0.25, 0.3) is 0 Å². The van der Waals surface area contributed by atoms with Gasteiger partial charge in [0.15, 0.2) is 0 Å². The Morgan fingerprint density at radius 1 is 1.70 bits per heavy atom. The third kappa shape index (κ3) is 6.55. The first kappa shape index (κ1) is 13.1. The van der Waals surface area contributed by atoms with E-state index >= 15 is 0 Å². The third-order valence-electron chi connectivity index (χ3n) is 1.29. The van der Waals surface area contributed by atoms with Crippen molar-refractivity contribution in [2.75, 3.05) is 0 Å². The molecule has 0 heterocycles. The standard InChI is InChI=1S/C6H12O3.Na/c1-3-6(2,9)4-5(7)8;/h9H,3-4H2,1-2H3,(H,7,8);/q;+1/p-1. The van der Waals surface area contributed by atoms with E-state index in [0.717, 1.165) is 0 Å². The van der Waals surface area contributed by atoms with Gasteiger partial charge in [0.25, 0.3) is 0 Å². The summed E-state index contributed by atoms with van der Waals surface area (Å²) < 4.78 is 0. The Balaban J connectivity index is 0. The van der Waals surface area contributed by atoms with E-state index in [0.29, 0.717) is 6.42 Å². The van der Waals surface area contributed by atoms with E-state index in [1.165, 1.54) is 6.92 Å². The van der Waals surface area contributed by atoms with Gasteiger partial charge in [0, 0.05) is 12.4 Å². The minimum atomic E-state index is -1.21. The smallest absolute Gasteiger partial charge is 0.550 e. The van der Waals surface area contributed by atoms with Crippen molar-refractivity contribution in [3.63, 3.8) is 0 Å². The average molecular weight is 154 g/mol. The summed E-state index contributed by atoms with van der Waals surface area (Å²) in [6.07, 6.45) is 0.143. The molecule has 1 unspecified atom stereocenters. The molecule has 0 aliphatic rings. The van der Waals surface area contributed by atoms with E-state index in [2.05, 4.69) is 0 Å². The van der Waals surface area contributed by atoms with Gasteiger partial charge in [-0.15, -0.1) is 0 Å². The van der Waals surface area contributed by atoms with E-state index in [4.69, 9.17) is 5.11 Å². The minimum absolute atomic E-state index is 0. The van der Waals surface area contributed by atoms with Gasteiger partial charge in [-0.05, 0) is 13.3 Å². The first-order valence-electron chi connectivity index (χ1n) is 2.90. The summed E-state index contributed by atoms with van der Waals surface area (Å²) in [6, 6.07) is 0. The maximum absolute atomic E-state index is 9.90. The van der Waals surface area contributed by atoms with Gasteiger partial charge in [0.2, 0.25) is 0 Å². The molecule has 0 aromatic heterocycles. The molecule has 0 saturated carbocycles. The van der Waals surface area contributed by atoms with Crippen molar-refractivity contribution < 1.29 is 44.6 Å². The normalized spacial score (nSPS) is 15.1. The Hall–Kier alpha value is 0.430. The summed E-state index contributed by atoms with van der Waals surface area (Å²) in [7, 11) is 0. The first-order valence-corrected chi connectivity index (χ1v) is 2.90. The zero-order valence-electron chi connectivity index (χ0n) is 6.68. The molecule has 0 bridgehead atoms. The molecule has 54 valence electrons. The van der Waals surface area contributed by atoms with Crippen molar-refractivity contribution in [3.8, 4) is 0 Å². The number of hydrogen-bond acceptors (Lipinski definition) is 3. The zero-order chi connectivity index (χ0) is 7.49. The summed E-state index contributed by atoms with van der Waals surface area (Å²) >= 11 is 0. The maximum Gasteiger partial charge on any atom is 1.00 e. The minimum Gasteiger partial charge on any atom is -0.550 e. The number of rotatable bonds is 3. The van der Waals surface area contributed by atoms with Crippen LogP contribution in [0.3, 0.4) is 0 Å². The molecule has 3 nitrogen and oxygen atoms in total. The number of aliphatic carboxylic acids is 1. The van der Waals surface area contributed by atoms with Crippen molar-refractivity contribution >= 4 is 5.97 Å². The van der Waals surface area contributed by atoms with Crippen molar-refractivity contribution in [3.05, 3.63) is 0 Å². The predicted octanol–water partition coefficient (Wildman–Crippen LogP) is -3.71. The molecule has 10 heavy (non-hydrogen) atoms. The van der Waals surface area contributed by atoms with Crippen molar-refractivity contribution in [1.29, 1.82) is 0 Å². The van der Waals surface area contributed by atoms with E-state index < -0.39 is 11.6 Å². The van der Waals surface area contributed by atoms with Crippen LogP contribution in [0.15, 0.2) is 0 Å². The zero-order valence-corrected chi connectivity index (χ0v) is 8.68. The van der Waals surface area contributed by atoms with Gasteiger partial charge in [0.1, 0.15) is 0 Å². The van der Waals surface area contributed by atoms with Crippen molar-refractivity contribution in [2.45, 2.75) is 32.3 Å². The molecule has 1 N–H and O–H groups in total. The molecule has 0 saturated heterocycles. The number of carbonyl (C=O) groups is 1. The molecule has 0 aliphatic carbocycles. The van der Waals surface area contributed by atoms with E-state index in [1.54, 1.807) is 6.92 Å². The second-order valence-electron chi connectivity index (χ2n) is 2.40. The summed E-state index contributed by atoms with van der Waals surface area (Å²) in [5.74, 6) is -1.21. The molecular weight excluding hydrogens is 143 g/mol. The number of carboxylic acids is 1. The Morgan fingerprint density at radius 3 is 2.20 bits per heavy atom. The molecule has 0 rings (SSSR count). The molecule has 0 aromatic rings. The molecule has 0 fully saturated rings. The van der Waals surface area contributed by atoms with Gasteiger partial charge in [-0.25, -0.2) is 0 Å². The van der Waals surface area contributed by atoms with Crippen LogP contribution >= 0.6 is 0 Å². The molecule has 4 heteroatoms. The first-order chi connectivity index (χ1) is 3.98. The van der Waals surface area contributed by atoms with Crippen LogP contribution in [0.4, 0.5) is 0 Å². The fourth-order valence-corrected chi connectivity index (χ4v) is 0.436. The number of carboxylic acid groups (broad SMARTS) is 1. The van der Waals surface area contributed by atoms with Crippen LogP contribution in [0.2, 0.25) is 0 Å². The largest absolute Gasteiger partial charge is 1.00 e. The Bertz CT molecular complexity index is 112. The number of aliphatic hydroxyl groups is 1. The Labute approximate surface area is 82.7 Å². The number of carbonyl (C=O) groups excluding carboxylic acids is 1. The Morgan fingerprint density at radius 2 is 2.10 bits per heavy atom. The fourth-order valence-electron chi connectivity index (χ4n) is 0.436. The van der Waals surface area contributed by atoms with Gasteiger partial charge in [-0.1, -0.05) is 6.92 Å². The molecule has 0 aliphatic heterocycles. The molecular formula is C6H11NaO3.